The van der Waals surface area contributed by atoms with Crippen molar-refractivity contribution in [2.75, 3.05) is 42.9 Å². The van der Waals surface area contributed by atoms with Gasteiger partial charge in [0.05, 0.1) is 24.0 Å². The lowest BCUT2D eigenvalue weighted by Gasteiger charge is -2.40. The molecule has 6 rings (SSSR count). The highest BCUT2D eigenvalue weighted by atomic mass is 35.5. The molecule has 3 aromatic rings. The quantitative estimate of drug-likeness (QED) is 0.391. The van der Waals surface area contributed by atoms with Gasteiger partial charge in [0.25, 0.3) is 0 Å². The van der Waals surface area contributed by atoms with Gasteiger partial charge in [-0.25, -0.2) is 0 Å². The number of hydrogen-bond donors (Lipinski definition) is 1. The molecule has 1 saturated heterocycles. The van der Waals surface area contributed by atoms with Crippen LogP contribution in [-0.2, 0) is 16.1 Å². The van der Waals surface area contributed by atoms with Crippen LogP contribution in [0.2, 0.25) is 5.02 Å². The van der Waals surface area contributed by atoms with Gasteiger partial charge in [-0.1, -0.05) is 80.0 Å². The molecule has 0 bridgehead atoms. The number of carbonyl (C=O) groups is 2. The number of anilines is 2. The van der Waals surface area contributed by atoms with E-state index in [1.165, 1.54) is 5.56 Å². The first-order valence-corrected chi connectivity index (χ1v) is 14.8. The van der Waals surface area contributed by atoms with Crippen LogP contribution in [0.25, 0.3) is 0 Å². The molecule has 7 heteroatoms. The molecule has 2 heterocycles. The number of nitrogens with zero attached hydrogens (tertiary/aromatic N) is 3. The van der Waals surface area contributed by atoms with E-state index in [4.69, 9.17) is 11.6 Å². The number of halogens is 1. The average Bonchev–Trinajstić information content (AvgIpc) is 3.08. The van der Waals surface area contributed by atoms with Gasteiger partial charge in [-0.05, 0) is 47.2 Å². The Balaban J connectivity index is 1.31. The molecule has 0 radical (unpaired) electrons. The number of benzene rings is 3. The summed E-state index contributed by atoms with van der Waals surface area (Å²) >= 11 is 6.28. The molecule has 3 aliphatic rings. The maximum Gasteiger partial charge on any atom is 0.242 e. The minimum atomic E-state index is -0.398. The van der Waals surface area contributed by atoms with E-state index in [1.54, 1.807) is 0 Å². The lowest BCUT2D eigenvalue weighted by atomic mass is 9.73. The number of ketones is 1. The third kappa shape index (κ3) is 5.90. The molecule has 1 N–H and O–H groups in total. The Hall–Kier alpha value is -3.61. The van der Waals surface area contributed by atoms with Gasteiger partial charge in [0, 0.05) is 55.4 Å². The van der Waals surface area contributed by atoms with Crippen LogP contribution in [0.15, 0.2) is 90.1 Å². The van der Waals surface area contributed by atoms with Crippen molar-refractivity contribution >= 4 is 34.7 Å². The molecule has 1 fully saturated rings. The van der Waals surface area contributed by atoms with E-state index in [-0.39, 0.29) is 23.7 Å². The number of para-hydroxylation sites is 2. The van der Waals surface area contributed by atoms with Crippen molar-refractivity contribution < 1.29 is 9.59 Å². The fourth-order valence-corrected chi connectivity index (χ4v) is 6.59. The molecule has 6 nitrogen and oxygen atoms in total. The van der Waals surface area contributed by atoms with Crippen LogP contribution in [0.5, 0.6) is 0 Å². The summed E-state index contributed by atoms with van der Waals surface area (Å²) in [6.45, 7) is 8.40. The van der Waals surface area contributed by atoms with Crippen LogP contribution < -0.4 is 10.2 Å². The van der Waals surface area contributed by atoms with Gasteiger partial charge in [0.1, 0.15) is 0 Å². The zero-order valence-corrected chi connectivity index (χ0v) is 24.5. The number of Topliss-reactive ketones (excluding diaryl/α,β-unsaturated/α-hetero) is 1. The first-order chi connectivity index (χ1) is 19.8. The third-order valence-corrected chi connectivity index (χ3v) is 8.72. The second-order valence-electron chi connectivity index (χ2n) is 12.2. The summed E-state index contributed by atoms with van der Waals surface area (Å²) in [5, 5.41) is 4.27. The van der Waals surface area contributed by atoms with Gasteiger partial charge in [0.2, 0.25) is 5.91 Å². The summed E-state index contributed by atoms with van der Waals surface area (Å²) in [4.78, 5) is 34.3. The lowest BCUT2D eigenvalue weighted by Crippen LogP contribution is -2.51. The molecule has 0 spiro atoms. The highest BCUT2D eigenvalue weighted by Crippen LogP contribution is 2.48. The minimum Gasteiger partial charge on any atom is -0.357 e. The number of piperazine rings is 1. The largest absolute Gasteiger partial charge is 0.357 e. The van der Waals surface area contributed by atoms with E-state index < -0.39 is 6.04 Å². The van der Waals surface area contributed by atoms with Gasteiger partial charge in [-0.15, -0.1) is 0 Å². The van der Waals surface area contributed by atoms with E-state index in [0.717, 1.165) is 54.3 Å². The van der Waals surface area contributed by atoms with Crippen molar-refractivity contribution in [1.82, 2.24) is 9.80 Å². The van der Waals surface area contributed by atoms with Crippen LogP contribution in [0, 0.1) is 5.41 Å². The summed E-state index contributed by atoms with van der Waals surface area (Å²) in [6.07, 6.45) is 1.23. The van der Waals surface area contributed by atoms with Crippen LogP contribution in [0.3, 0.4) is 0 Å². The number of rotatable bonds is 5. The SMILES string of the molecule is CC1(C)CC(=O)C2=C(C1)Nc1ccccc1N(CC(=O)N1CCN(Cc3ccccc3)CC1)C2c1ccc(Cl)cc1. The van der Waals surface area contributed by atoms with Crippen LogP contribution >= 0.6 is 11.6 Å². The number of fused-ring (bicyclic) bond motifs is 1. The number of amides is 1. The number of allylic oxidation sites excluding steroid dienone is 1. The predicted octanol–water partition coefficient (Wildman–Crippen LogP) is 6.30. The first-order valence-electron chi connectivity index (χ1n) is 14.5. The fourth-order valence-electron chi connectivity index (χ4n) is 6.46. The topological polar surface area (TPSA) is 55.9 Å². The van der Waals surface area contributed by atoms with Crippen molar-refractivity contribution in [2.24, 2.45) is 5.41 Å². The molecule has 1 unspecified atom stereocenters. The van der Waals surface area contributed by atoms with E-state index in [1.807, 2.05) is 59.5 Å². The molecule has 0 aromatic heterocycles. The second-order valence-corrected chi connectivity index (χ2v) is 12.6. The summed E-state index contributed by atoms with van der Waals surface area (Å²) in [7, 11) is 0. The van der Waals surface area contributed by atoms with Crippen LogP contribution in [0.1, 0.15) is 43.9 Å². The number of carbonyl (C=O) groups excluding carboxylic acids is 2. The molecular formula is C34H37ClN4O2. The molecule has 0 saturated carbocycles. The molecule has 1 amide bonds. The number of nitrogens with one attached hydrogen (secondary N) is 1. The second kappa shape index (κ2) is 11.3. The summed E-state index contributed by atoms with van der Waals surface area (Å²) < 4.78 is 0. The van der Waals surface area contributed by atoms with Crippen molar-refractivity contribution in [1.29, 1.82) is 0 Å². The van der Waals surface area contributed by atoms with E-state index in [0.29, 0.717) is 24.5 Å². The summed E-state index contributed by atoms with van der Waals surface area (Å²) in [5.41, 5.74) is 5.63. The molecule has 2 aliphatic heterocycles. The Labute approximate surface area is 247 Å². The normalized spacial score (nSPS) is 20.7. The van der Waals surface area contributed by atoms with Gasteiger partial charge in [-0.3, -0.25) is 14.5 Å². The Morgan fingerprint density at radius 2 is 1.59 bits per heavy atom. The highest BCUT2D eigenvalue weighted by Gasteiger charge is 2.42. The van der Waals surface area contributed by atoms with Gasteiger partial charge in [0.15, 0.2) is 5.78 Å². The molecule has 41 heavy (non-hydrogen) atoms. The Bertz CT molecular complexity index is 1460. The third-order valence-electron chi connectivity index (χ3n) is 8.47. The van der Waals surface area contributed by atoms with Crippen molar-refractivity contribution in [3.63, 3.8) is 0 Å². The Morgan fingerprint density at radius 3 is 2.32 bits per heavy atom. The van der Waals surface area contributed by atoms with Crippen LogP contribution in [0.4, 0.5) is 11.4 Å². The zero-order valence-electron chi connectivity index (χ0n) is 23.8. The average molecular weight is 569 g/mol. The fraction of sp³-hybridized carbons (Fsp3) is 0.353. The summed E-state index contributed by atoms with van der Waals surface area (Å²) in [6, 6.07) is 25.8. The molecule has 1 atom stereocenters. The zero-order chi connectivity index (χ0) is 28.6. The smallest absolute Gasteiger partial charge is 0.242 e. The Kier molecular flexibility index (Phi) is 7.62. The van der Waals surface area contributed by atoms with Crippen molar-refractivity contribution in [2.45, 2.75) is 39.3 Å². The van der Waals surface area contributed by atoms with Crippen molar-refractivity contribution in [3.8, 4) is 0 Å². The predicted molar refractivity (Wildman–Crippen MR) is 165 cm³/mol. The molecular weight excluding hydrogens is 532 g/mol. The lowest BCUT2D eigenvalue weighted by molar-refractivity contribution is -0.131. The molecule has 3 aromatic carbocycles. The maximum absolute atomic E-state index is 14.0. The number of hydrogen-bond acceptors (Lipinski definition) is 5. The standard InChI is InChI=1S/C34H37ClN4O2/c1-34(2)20-28-32(30(40)21-34)33(25-12-14-26(35)15-13-25)39(29-11-7-6-10-27(29)36-28)23-31(41)38-18-16-37(17-19-38)22-24-8-4-3-5-9-24/h3-15,33,36H,16-23H2,1-2H3. The molecule has 1 aliphatic carbocycles. The van der Waals surface area contributed by atoms with Crippen molar-refractivity contribution in [3.05, 3.63) is 106 Å². The van der Waals surface area contributed by atoms with E-state index in [2.05, 4.69) is 53.2 Å². The maximum atomic E-state index is 14.0. The van der Waals surface area contributed by atoms with E-state index >= 15 is 0 Å². The Morgan fingerprint density at radius 1 is 0.902 bits per heavy atom. The molecule has 212 valence electrons. The first kappa shape index (κ1) is 27.6. The monoisotopic (exact) mass is 568 g/mol. The summed E-state index contributed by atoms with van der Waals surface area (Å²) in [5.74, 6) is 0.203. The van der Waals surface area contributed by atoms with Gasteiger partial charge < -0.3 is 15.1 Å². The van der Waals surface area contributed by atoms with Gasteiger partial charge in [-0.2, -0.15) is 0 Å². The highest BCUT2D eigenvalue weighted by molar-refractivity contribution is 6.30. The van der Waals surface area contributed by atoms with E-state index in [9.17, 15) is 9.59 Å². The van der Waals surface area contributed by atoms with Crippen LogP contribution in [-0.4, -0.2) is 54.2 Å². The van der Waals surface area contributed by atoms with Gasteiger partial charge >= 0.3 is 0 Å². The minimum absolute atomic E-state index is 0.0748.